The van der Waals surface area contributed by atoms with Gasteiger partial charge in [-0.2, -0.15) is 0 Å². The molecular formula is C23H27N3O3. The summed E-state index contributed by atoms with van der Waals surface area (Å²) in [5.41, 5.74) is 3.75. The Morgan fingerprint density at radius 3 is 2.52 bits per heavy atom. The summed E-state index contributed by atoms with van der Waals surface area (Å²) in [6.07, 6.45) is 0. The van der Waals surface area contributed by atoms with Crippen molar-refractivity contribution in [1.82, 2.24) is 9.88 Å². The Morgan fingerprint density at radius 1 is 1.03 bits per heavy atom. The standard InChI is InChI=1S/C23H27N3O3/c1-16-23(18-14-17(28-2)8-9-19(18)24-16)21(27)15-25-10-12-26(13-11-25)20-6-4-5-7-22(20)29-3/h4-9,14,24H,10-13,15H2,1-3H3. The van der Waals surface area contributed by atoms with Gasteiger partial charge in [-0.05, 0) is 37.3 Å². The molecule has 29 heavy (non-hydrogen) atoms. The van der Waals surface area contributed by atoms with E-state index in [9.17, 15) is 4.79 Å². The largest absolute Gasteiger partial charge is 0.497 e. The van der Waals surface area contributed by atoms with E-state index in [0.717, 1.165) is 65.5 Å². The van der Waals surface area contributed by atoms with E-state index in [1.165, 1.54) is 0 Å². The van der Waals surface area contributed by atoms with Gasteiger partial charge in [0, 0.05) is 48.3 Å². The highest BCUT2D eigenvalue weighted by Crippen LogP contribution is 2.29. The van der Waals surface area contributed by atoms with E-state index >= 15 is 0 Å². The van der Waals surface area contributed by atoms with Gasteiger partial charge in [-0.3, -0.25) is 9.69 Å². The number of fused-ring (bicyclic) bond motifs is 1. The van der Waals surface area contributed by atoms with Gasteiger partial charge in [-0.15, -0.1) is 0 Å². The number of ketones is 1. The van der Waals surface area contributed by atoms with Gasteiger partial charge in [0.05, 0.1) is 26.5 Å². The van der Waals surface area contributed by atoms with Crippen molar-refractivity contribution in [3.05, 3.63) is 53.7 Å². The van der Waals surface area contributed by atoms with E-state index in [1.54, 1.807) is 14.2 Å². The third kappa shape index (κ3) is 3.80. The Hall–Kier alpha value is -2.99. The highest BCUT2D eigenvalue weighted by Gasteiger charge is 2.23. The molecule has 0 unspecified atom stereocenters. The summed E-state index contributed by atoms with van der Waals surface area (Å²) < 4.78 is 10.8. The molecule has 1 aliphatic rings. The fourth-order valence-electron chi connectivity index (χ4n) is 4.11. The molecular weight excluding hydrogens is 366 g/mol. The highest BCUT2D eigenvalue weighted by molar-refractivity contribution is 6.10. The molecule has 1 fully saturated rings. The van der Waals surface area contributed by atoms with E-state index in [2.05, 4.69) is 20.9 Å². The molecule has 1 N–H and O–H groups in total. The summed E-state index contributed by atoms with van der Waals surface area (Å²) in [4.78, 5) is 21.0. The van der Waals surface area contributed by atoms with Crippen LogP contribution in [0.2, 0.25) is 0 Å². The number of aromatic nitrogens is 1. The Labute approximate surface area is 171 Å². The average molecular weight is 393 g/mol. The van der Waals surface area contributed by atoms with Gasteiger partial charge >= 0.3 is 0 Å². The SMILES string of the molecule is COc1ccc2[nH]c(C)c(C(=O)CN3CCN(c4ccccc4OC)CC3)c2c1. The van der Waals surface area contributed by atoms with E-state index in [-0.39, 0.29) is 5.78 Å². The Morgan fingerprint density at radius 2 is 1.79 bits per heavy atom. The summed E-state index contributed by atoms with van der Waals surface area (Å²) in [6.45, 7) is 5.80. The van der Waals surface area contributed by atoms with Crippen molar-refractivity contribution in [3.8, 4) is 11.5 Å². The van der Waals surface area contributed by atoms with Gasteiger partial charge in [-0.25, -0.2) is 0 Å². The van der Waals surface area contributed by atoms with Crippen molar-refractivity contribution in [3.63, 3.8) is 0 Å². The number of rotatable bonds is 6. The predicted octanol–water partition coefficient (Wildman–Crippen LogP) is 3.50. The third-order valence-electron chi connectivity index (χ3n) is 5.64. The summed E-state index contributed by atoms with van der Waals surface area (Å²) in [6, 6.07) is 13.9. The minimum absolute atomic E-state index is 0.146. The van der Waals surface area contributed by atoms with Crippen LogP contribution < -0.4 is 14.4 Å². The monoisotopic (exact) mass is 393 g/mol. The second kappa shape index (κ2) is 8.17. The fourth-order valence-corrected chi connectivity index (χ4v) is 4.11. The number of nitrogens with zero attached hydrogens (tertiary/aromatic N) is 2. The molecule has 0 radical (unpaired) electrons. The molecule has 1 aromatic heterocycles. The summed E-state index contributed by atoms with van der Waals surface area (Å²) in [5.74, 6) is 1.80. The topological polar surface area (TPSA) is 57.8 Å². The fraction of sp³-hybridized carbons (Fsp3) is 0.348. The van der Waals surface area contributed by atoms with Crippen molar-refractivity contribution in [2.24, 2.45) is 0 Å². The van der Waals surface area contributed by atoms with Gasteiger partial charge in [0.25, 0.3) is 0 Å². The number of nitrogens with one attached hydrogen (secondary N) is 1. The quantitative estimate of drug-likeness (QED) is 0.650. The van der Waals surface area contributed by atoms with Crippen molar-refractivity contribution in [2.45, 2.75) is 6.92 Å². The number of carbonyl (C=O) groups excluding carboxylic acids is 1. The maximum atomic E-state index is 13.1. The first-order chi connectivity index (χ1) is 14.1. The van der Waals surface area contributed by atoms with Crippen LogP contribution in [-0.2, 0) is 0 Å². The van der Waals surface area contributed by atoms with Crippen LogP contribution in [0, 0.1) is 6.92 Å². The van der Waals surface area contributed by atoms with Crippen LogP contribution in [0.25, 0.3) is 10.9 Å². The van der Waals surface area contributed by atoms with Crippen LogP contribution >= 0.6 is 0 Å². The lowest BCUT2D eigenvalue weighted by atomic mass is 10.1. The second-order valence-corrected chi connectivity index (χ2v) is 7.39. The Balaban J connectivity index is 1.45. The number of hydrogen-bond donors (Lipinski definition) is 1. The number of anilines is 1. The molecule has 2 aromatic carbocycles. The lowest BCUT2D eigenvalue weighted by Crippen LogP contribution is -2.48. The normalized spacial score (nSPS) is 14.9. The number of methoxy groups -OCH3 is 2. The zero-order chi connectivity index (χ0) is 20.4. The van der Waals surface area contributed by atoms with Crippen molar-refractivity contribution >= 4 is 22.4 Å². The zero-order valence-electron chi connectivity index (χ0n) is 17.2. The van der Waals surface area contributed by atoms with Crippen LogP contribution in [0.4, 0.5) is 5.69 Å². The number of hydrogen-bond acceptors (Lipinski definition) is 5. The molecule has 0 aliphatic carbocycles. The zero-order valence-corrected chi connectivity index (χ0v) is 17.2. The van der Waals surface area contributed by atoms with E-state index in [1.807, 2.05) is 43.3 Å². The molecule has 0 bridgehead atoms. The van der Waals surface area contributed by atoms with Gasteiger partial charge in [-0.1, -0.05) is 12.1 Å². The highest BCUT2D eigenvalue weighted by atomic mass is 16.5. The maximum absolute atomic E-state index is 13.1. The number of carbonyl (C=O) groups is 1. The van der Waals surface area contributed by atoms with Crippen LogP contribution in [0.1, 0.15) is 16.1 Å². The molecule has 4 rings (SSSR count). The Bertz CT molecular complexity index is 1020. The van der Waals surface area contributed by atoms with Crippen molar-refractivity contribution in [1.29, 1.82) is 0 Å². The summed E-state index contributed by atoms with van der Waals surface area (Å²) >= 11 is 0. The smallest absolute Gasteiger partial charge is 0.179 e. The molecule has 0 spiro atoms. The third-order valence-corrected chi connectivity index (χ3v) is 5.64. The first kappa shape index (κ1) is 19.3. The average Bonchev–Trinajstić information content (AvgIpc) is 3.09. The first-order valence-electron chi connectivity index (χ1n) is 9.90. The molecule has 0 atom stereocenters. The van der Waals surface area contributed by atoms with Gasteiger partial charge < -0.3 is 19.4 Å². The minimum Gasteiger partial charge on any atom is -0.497 e. The molecule has 152 valence electrons. The van der Waals surface area contributed by atoms with Gasteiger partial charge in [0.15, 0.2) is 5.78 Å². The molecule has 0 saturated carbocycles. The van der Waals surface area contributed by atoms with Crippen molar-refractivity contribution < 1.29 is 14.3 Å². The van der Waals surface area contributed by atoms with E-state index < -0.39 is 0 Å². The molecule has 6 heteroatoms. The number of aromatic amines is 1. The second-order valence-electron chi connectivity index (χ2n) is 7.39. The number of piperazine rings is 1. The number of aryl methyl sites for hydroxylation is 1. The van der Waals surface area contributed by atoms with Crippen LogP contribution in [0.3, 0.4) is 0 Å². The molecule has 1 saturated heterocycles. The first-order valence-corrected chi connectivity index (χ1v) is 9.90. The van der Waals surface area contributed by atoms with E-state index in [0.29, 0.717) is 6.54 Å². The molecule has 0 amide bonds. The number of Topliss-reactive ketones (excluding diaryl/α,β-unsaturated/α-hetero) is 1. The Kier molecular flexibility index (Phi) is 5.45. The lowest BCUT2D eigenvalue weighted by molar-refractivity contribution is 0.0927. The number of benzene rings is 2. The summed E-state index contributed by atoms with van der Waals surface area (Å²) in [5, 5.41) is 0.930. The number of ether oxygens (including phenoxy) is 2. The number of H-pyrrole nitrogens is 1. The van der Waals surface area contributed by atoms with Gasteiger partial charge in [0.2, 0.25) is 0 Å². The van der Waals surface area contributed by atoms with Crippen LogP contribution in [0.15, 0.2) is 42.5 Å². The van der Waals surface area contributed by atoms with E-state index in [4.69, 9.17) is 9.47 Å². The van der Waals surface area contributed by atoms with Gasteiger partial charge in [0.1, 0.15) is 11.5 Å². The minimum atomic E-state index is 0.146. The molecule has 3 aromatic rings. The van der Waals surface area contributed by atoms with Crippen LogP contribution in [0.5, 0.6) is 11.5 Å². The predicted molar refractivity (Wildman–Crippen MR) is 116 cm³/mol. The molecule has 2 heterocycles. The van der Waals surface area contributed by atoms with Crippen molar-refractivity contribution in [2.75, 3.05) is 51.8 Å². The molecule has 1 aliphatic heterocycles. The van der Waals surface area contributed by atoms with Crippen LogP contribution in [-0.4, -0.2) is 62.6 Å². The molecule has 6 nitrogen and oxygen atoms in total. The maximum Gasteiger partial charge on any atom is 0.179 e. The summed E-state index contributed by atoms with van der Waals surface area (Å²) in [7, 11) is 3.34. The number of para-hydroxylation sites is 2. The lowest BCUT2D eigenvalue weighted by Gasteiger charge is -2.36.